The van der Waals surface area contributed by atoms with E-state index in [0.717, 1.165) is 43.6 Å². The molecule has 0 saturated carbocycles. The smallest absolute Gasteiger partial charge is 0.416 e. The van der Waals surface area contributed by atoms with Gasteiger partial charge in [0.15, 0.2) is 11.5 Å². The van der Waals surface area contributed by atoms with Crippen molar-refractivity contribution >= 4 is 17.3 Å². The molecular weight excluding hydrogens is 407 g/mol. The Morgan fingerprint density at radius 3 is 2.55 bits per heavy atom. The normalized spacial score (nSPS) is 16.8. The first kappa shape index (κ1) is 21.5. The number of carbonyl (C=O) groups is 1. The number of likely N-dealkylation sites (tertiary alicyclic amines) is 1. The van der Waals surface area contributed by atoms with Crippen LogP contribution in [0.4, 0.5) is 24.5 Å². The van der Waals surface area contributed by atoms with Crippen LogP contribution in [-0.4, -0.2) is 29.9 Å². The van der Waals surface area contributed by atoms with Crippen molar-refractivity contribution in [2.45, 2.75) is 45.5 Å². The summed E-state index contributed by atoms with van der Waals surface area (Å²) in [6.07, 6.45) is -2.69. The van der Waals surface area contributed by atoms with E-state index in [2.05, 4.69) is 29.4 Å². The summed E-state index contributed by atoms with van der Waals surface area (Å²) in [6.45, 7) is 6.58. The maximum Gasteiger partial charge on any atom is 0.416 e. The zero-order valence-electron chi connectivity index (χ0n) is 17.6. The Hall–Kier alpha value is -2.74. The number of hydrogen-bond donors (Lipinski definition) is 2. The van der Waals surface area contributed by atoms with Crippen LogP contribution in [0.3, 0.4) is 0 Å². The van der Waals surface area contributed by atoms with Crippen LogP contribution in [0, 0.1) is 5.92 Å². The second kappa shape index (κ2) is 8.42. The lowest BCUT2D eigenvalue weighted by molar-refractivity contribution is -0.137. The lowest BCUT2D eigenvalue weighted by Gasteiger charge is -2.34. The third-order valence-electron chi connectivity index (χ3n) is 5.94. The molecule has 0 unspecified atom stereocenters. The zero-order valence-corrected chi connectivity index (χ0v) is 17.6. The monoisotopic (exact) mass is 433 g/mol. The molecular formula is C23H26F3N3O2. The topological polar surface area (TPSA) is 53.6 Å². The van der Waals surface area contributed by atoms with E-state index in [-0.39, 0.29) is 17.5 Å². The van der Waals surface area contributed by atoms with Gasteiger partial charge in [-0.15, -0.1) is 0 Å². The predicted octanol–water partition coefficient (Wildman–Crippen LogP) is 5.29. The second-order valence-electron chi connectivity index (χ2n) is 8.39. The Kier molecular flexibility index (Phi) is 5.83. The average molecular weight is 433 g/mol. The highest BCUT2D eigenvalue weighted by molar-refractivity contribution is 5.79. The fraction of sp³-hybridized carbons (Fsp3) is 0.435. The number of carbonyl (C=O) groups excluding carboxylic acids is 1. The molecule has 2 heterocycles. The molecule has 0 spiro atoms. The van der Waals surface area contributed by atoms with Crippen molar-refractivity contribution in [3.05, 3.63) is 47.5 Å². The minimum atomic E-state index is -4.41. The Labute approximate surface area is 179 Å². The minimum absolute atomic E-state index is 0.0280. The van der Waals surface area contributed by atoms with Crippen LogP contribution >= 0.6 is 0 Å². The lowest BCUT2D eigenvalue weighted by Crippen LogP contribution is -2.42. The zero-order chi connectivity index (χ0) is 22.2. The number of benzene rings is 2. The second-order valence-corrected chi connectivity index (χ2v) is 8.39. The molecule has 2 aromatic carbocycles. The van der Waals surface area contributed by atoms with Crippen molar-refractivity contribution in [1.29, 1.82) is 0 Å². The minimum Gasteiger partial charge on any atom is -0.453 e. The predicted molar refractivity (Wildman–Crippen MR) is 113 cm³/mol. The summed E-state index contributed by atoms with van der Waals surface area (Å²) in [5.41, 5.74) is 0.993. The molecule has 1 saturated heterocycles. The van der Waals surface area contributed by atoms with Gasteiger partial charge in [-0.1, -0.05) is 6.07 Å². The van der Waals surface area contributed by atoms with Gasteiger partial charge in [-0.25, -0.2) is 0 Å². The molecule has 0 aliphatic carbocycles. The summed E-state index contributed by atoms with van der Waals surface area (Å²) in [4.78, 5) is 14.9. The largest absolute Gasteiger partial charge is 0.453 e. The van der Waals surface area contributed by atoms with Gasteiger partial charge in [0.2, 0.25) is 5.91 Å². The SMILES string of the molecule is CC(C)N1CCC(C(=O)NCc2ccc3c(c2)Oc2ccc(C(F)(F)F)cc2N3)CC1. The summed E-state index contributed by atoms with van der Waals surface area (Å²) in [7, 11) is 0. The van der Waals surface area contributed by atoms with E-state index >= 15 is 0 Å². The summed E-state index contributed by atoms with van der Waals surface area (Å²) in [5.74, 6) is 0.938. The van der Waals surface area contributed by atoms with Crippen molar-refractivity contribution in [3.63, 3.8) is 0 Å². The first-order valence-corrected chi connectivity index (χ1v) is 10.5. The maximum absolute atomic E-state index is 12.9. The molecule has 1 fully saturated rings. The molecule has 166 valence electrons. The number of halogens is 3. The highest BCUT2D eigenvalue weighted by Gasteiger charge is 2.32. The van der Waals surface area contributed by atoms with Gasteiger partial charge >= 0.3 is 6.18 Å². The van der Waals surface area contributed by atoms with Crippen LogP contribution in [0.2, 0.25) is 0 Å². The quantitative estimate of drug-likeness (QED) is 0.587. The van der Waals surface area contributed by atoms with Gasteiger partial charge in [0, 0.05) is 18.5 Å². The number of amides is 1. The standard InChI is InChI=1S/C23H26F3N3O2/c1-14(2)29-9-7-16(8-10-29)22(30)27-13-15-3-5-18-21(11-15)31-20-6-4-17(23(24,25)26)12-19(20)28-18/h3-6,11-12,14,16,28H,7-10,13H2,1-2H3,(H,27,30). The van der Waals surface area contributed by atoms with Gasteiger partial charge < -0.3 is 20.3 Å². The van der Waals surface area contributed by atoms with Gasteiger partial charge in [0.1, 0.15) is 0 Å². The number of nitrogens with zero attached hydrogens (tertiary/aromatic N) is 1. The summed E-state index contributed by atoms with van der Waals surface area (Å²) in [6, 6.07) is 9.23. The van der Waals surface area contributed by atoms with Gasteiger partial charge in [-0.05, 0) is 75.7 Å². The summed E-state index contributed by atoms with van der Waals surface area (Å²) >= 11 is 0. The maximum atomic E-state index is 12.9. The van der Waals surface area contributed by atoms with E-state index in [0.29, 0.717) is 29.8 Å². The number of hydrogen-bond acceptors (Lipinski definition) is 4. The molecule has 2 aliphatic heterocycles. The van der Waals surface area contributed by atoms with Crippen molar-refractivity contribution in [2.75, 3.05) is 18.4 Å². The van der Waals surface area contributed by atoms with E-state index < -0.39 is 11.7 Å². The van der Waals surface area contributed by atoms with Crippen molar-refractivity contribution in [1.82, 2.24) is 10.2 Å². The molecule has 0 bridgehead atoms. The van der Waals surface area contributed by atoms with E-state index in [4.69, 9.17) is 4.74 Å². The van der Waals surface area contributed by atoms with Crippen LogP contribution in [-0.2, 0) is 17.5 Å². The van der Waals surface area contributed by atoms with Gasteiger partial charge in [-0.3, -0.25) is 4.79 Å². The third kappa shape index (κ3) is 4.79. The molecule has 1 amide bonds. The lowest BCUT2D eigenvalue weighted by atomic mass is 9.95. The number of alkyl halides is 3. The first-order valence-electron chi connectivity index (χ1n) is 10.5. The van der Waals surface area contributed by atoms with E-state index in [1.54, 1.807) is 12.1 Å². The fourth-order valence-electron chi connectivity index (χ4n) is 4.03. The van der Waals surface area contributed by atoms with Crippen LogP contribution < -0.4 is 15.4 Å². The molecule has 31 heavy (non-hydrogen) atoms. The van der Waals surface area contributed by atoms with Crippen LogP contribution in [0.5, 0.6) is 11.5 Å². The number of rotatable bonds is 4. The molecule has 2 aromatic rings. The first-order chi connectivity index (χ1) is 14.7. The average Bonchev–Trinajstić information content (AvgIpc) is 2.75. The van der Waals surface area contributed by atoms with E-state index in [1.807, 2.05) is 6.07 Å². The summed E-state index contributed by atoms with van der Waals surface area (Å²) < 4.78 is 44.6. The molecule has 2 N–H and O–H groups in total. The molecule has 5 nitrogen and oxygen atoms in total. The van der Waals surface area contributed by atoms with Gasteiger partial charge in [0.25, 0.3) is 0 Å². The Morgan fingerprint density at radius 1 is 1.13 bits per heavy atom. The Balaban J connectivity index is 1.37. The van der Waals surface area contributed by atoms with Crippen LogP contribution in [0.15, 0.2) is 36.4 Å². The van der Waals surface area contributed by atoms with E-state index in [9.17, 15) is 18.0 Å². The third-order valence-corrected chi connectivity index (χ3v) is 5.94. The Bertz CT molecular complexity index is 967. The molecule has 4 rings (SSSR count). The highest BCUT2D eigenvalue weighted by Crippen LogP contribution is 2.44. The molecule has 0 radical (unpaired) electrons. The highest BCUT2D eigenvalue weighted by atomic mass is 19.4. The number of ether oxygens (including phenoxy) is 1. The fourth-order valence-corrected chi connectivity index (χ4v) is 4.03. The van der Waals surface area contributed by atoms with E-state index in [1.165, 1.54) is 6.07 Å². The van der Waals surface area contributed by atoms with Gasteiger partial charge in [-0.2, -0.15) is 13.2 Å². The van der Waals surface area contributed by atoms with Crippen molar-refractivity contribution in [3.8, 4) is 11.5 Å². The van der Waals surface area contributed by atoms with Gasteiger partial charge in [0.05, 0.1) is 16.9 Å². The number of anilines is 2. The Morgan fingerprint density at radius 2 is 1.87 bits per heavy atom. The summed E-state index contributed by atoms with van der Waals surface area (Å²) in [5, 5.41) is 6.00. The van der Waals surface area contributed by atoms with Crippen LogP contribution in [0.25, 0.3) is 0 Å². The molecule has 2 aliphatic rings. The van der Waals surface area contributed by atoms with Crippen molar-refractivity contribution < 1.29 is 22.7 Å². The molecule has 8 heteroatoms. The molecule has 0 aromatic heterocycles. The van der Waals surface area contributed by atoms with Crippen molar-refractivity contribution in [2.24, 2.45) is 5.92 Å². The van der Waals surface area contributed by atoms with Crippen LogP contribution in [0.1, 0.15) is 37.8 Å². The molecule has 0 atom stereocenters. The number of nitrogens with one attached hydrogen (secondary N) is 2. The number of piperidine rings is 1. The number of fused-ring (bicyclic) bond motifs is 2.